The molecule has 0 bridgehead atoms. The summed E-state index contributed by atoms with van der Waals surface area (Å²) in [6, 6.07) is 9.52. The average Bonchev–Trinajstić information content (AvgIpc) is 3.18. The van der Waals surface area contributed by atoms with Gasteiger partial charge in [-0.3, -0.25) is 4.79 Å². The first-order valence-corrected chi connectivity index (χ1v) is 7.87. The van der Waals surface area contributed by atoms with Gasteiger partial charge in [0.25, 0.3) is 5.91 Å². The number of benzene rings is 1. The lowest BCUT2D eigenvalue weighted by Gasteiger charge is -2.10. The van der Waals surface area contributed by atoms with Crippen LogP contribution in [0.15, 0.2) is 47.8 Å². The maximum atomic E-state index is 12.0. The summed E-state index contributed by atoms with van der Waals surface area (Å²) in [5, 5.41) is 4.42. The van der Waals surface area contributed by atoms with Crippen LogP contribution in [0.25, 0.3) is 0 Å². The number of carbonyl (C=O) groups excluding carboxylic acids is 1. The molecule has 0 unspecified atom stereocenters. The van der Waals surface area contributed by atoms with Crippen LogP contribution in [-0.2, 0) is 0 Å². The van der Waals surface area contributed by atoms with Crippen LogP contribution in [0.2, 0.25) is 5.02 Å². The van der Waals surface area contributed by atoms with Crippen LogP contribution in [-0.4, -0.2) is 16.7 Å². The van der Waals surface area contributed by atoms with E-state index in [1.54, 1.807) is 30.5 Å². The Labute approximate surface area is 134 Å². The van der Waals surface area contributed by atoms with Crippen molar-refractivity contribution in [3.05, 3.63) is 58.9 Å². The molecular formula is C17H18ClN3O. The Morgan fingerprint density at radius 1 is 1.27 bits per heavy atom. The number of rotatable bonds is 4. The fourth-order valence-corrected chi connectivity index (χ4v) is 3.03. The van der Waals surface area contributed by atoms with E-state index in [9.17, 15) is 4.79 Å². The molecule has 4 nitrogen and oxygen atoms in total. The predicted octanol–water partition coefficient (Wildman–Crippen LogP) is 4.02. The molecule has 1 heterocycles. The van der Waals surface area contributed by atoms with E-state index in [-0.39, 0.29) is 5.91 Å². The number of nitrogens with zero attached hydrogens (tertiary/aromatic N) is 2. The molecule has 0 radical (unpaired) electrons. The maximum absolute atomic E-state index is 12.0. The molecule has 114 valence electrons. The standard InChI is InChI=1S/C17H18ClN3O/c18-16-8-4-3-7-15(16)17(22)20-19-11-13-9-10-21(12-13)14-5-1-2-6-14/h3-4,7-12,14H,1-2,5-6H2,(H,20,22)/b19-11-. The smallest absolute Gasteiger partial charge is 0.272 e. The number of nitrogens with one attached hydrogen (secondary N) is 1. The minimum absolute atomic E-state index is 0.308. The first-order valence-electron chi connectivity index (χ1n) is 7.49. The summed E-state index contributed by atoms with van der Waals surface area (Å²) >= 11 is 5.98. The Hall–Kier alpha value is -2.07. The van der Waals surface area contributed by atoms with E-state index in [1.165, 1.54) is 25.7 Å². The van der Waals surface area contributed by atoms with Crippen molar-refractivity contribution in [2.24, 2.45) is 5.10 Å². The lowest BCUT2D eigenvalue weighted by molar-refractivity contribution is 0.0955. The van der Waals surface area contributed by atoms with Gasteiger partial charge in [0.05, 0.1) is 16.8 Å². The van der Waals surface area contributed by atoms with Gasteiger partial charge in [0, 0.05) is 24.0 Å². The van der Waals surface area contributed by atoms with Crippen molar-refractivity contribution in [3.63, 3.8) is 0 Å². The van der Waals surface area contributed by atoms with Gasteiger partial charge in [-0.1, -0.05) is 36.6 Å². The molecule has 1 aromatic carbocycles. The first-order chi connectivity index (χ1) is 10.7. The van der Waals surface area contributed by atoms with Gasteiger partial charge >= 0.3 is 0 Å². The van der Waals surface area contributed by atoms with Gasteiger partial charge in [0.2, 0.25) is 0 Å². The molecular weight excluding hydrogens is 298 g/mol. The highest BCUT2D eigenvalue weighted by molar-refractivity contribution is 6.33. The second kappa shape index (κ2) is 6.79. The van der Waals surface area contributed by atoms with Crippen LogP contribution < -0.4 is 5.43 Å². The lowest BCUT2D eigenvalue weighted by atomic mass is 10.2. The number of aromatic nitrogens is 1. The number of amides is 1. The third-order valence-corrected chi connectivity index (χ3v) is 4.31. The highest BCUT2D eigenvalue weighted by Gasteiger charge is 2.16. The van der Waals surface area contributed by atoms with E-state index < -0.39 is 0 Å². The number of hydrogen-bond donors (Lipinski definition) is 1. The second-order valence-electron chi connectivity index (χ2n) is 5.51. The molecule has 5 heteroatoms. The van der Waals surface area contributed by atoms with E-state index in [0.29, 0.717) is 16.6 Å². The number of carbonyl (C=O) groups is 1. The van der Waals surface area contributed by atoms with Crippen molar-refractivity contribution >= 4 is 23.7 Å². The second-order valence-corrected chi connectivity index (χ2v) is 5.92. The molecule has 22 heavy (non-hydrogen) atoms. The first kappa shape index (κ1) is 14.9. The predicted molar refractivity (Wildman–Crippen MR) is 88.4 cm³/mol. The zero-order chi connectivity index (χ0) is 15.4. The van der Waals surface area contributed by atoms with Crippen LogP contribution >= 0.6 is 11.6 Å². The molecule has 0 aliphatic heterocycles. The Kier molecular flexibility index (Phi) is 4.59. The Balaban J connectivity index is 1.60. The lowest BCUT2D eigenvalue weighted by Crippen LogP contribution is -2.17. The average molecular weight is 316 g/mol. The van der Waals surface area contributed by atoms with Gasteiger partial charge in [-0.05, 0) is 31.0 Å². The topological polar surface area (TPSA) is 46.4 Å². The molecule has 1 aliphatic rings. The highest BCUT2D eigenvalue weighted by Crippen LogP contribution is 2.29. The third-order valence-electron chi connectivity index (χ3n) is 3.98. The summed E-state index contributed by atoms with van der Waals surface area (Å²) in [6.07, 6.45) is 10.9. The Morgan fingerprint density at radius 2 is 2.05 bits per heavy atom. The summed E-state index contributed by atoms with van der Waals surface area (Å²) in [7, 11) is 0. The summed E-state index contributed by atoms with van der Waals surface area (Å²) < 4.78 is 2.24. The molecule has 1 aromatic heterocycles. The minimum atomic E-state index is -0.308. The fraction of sp³-hybridized carbons (Fsp3) is 0.294. The summed E-state index contributed by atoms with van der Waals surface area (Å²) in [5.41, 5.74) is 3.90. The summed E-state index contributed by atoms with van der Waals surface area (Å²) in [5.74, 6) is -0.308. The van der Waals surface area contributed by atoms with Gasteiger partial charge in [-0.2, -0.15) is 5.10 Å². The van der Waals surface area contributed by atoms with Crippen LogP contribution in [0.1, 0.15) is 47.6 Å². The number of hydrazone groups is 1. The molecule has 1 aliphatic carbocycles. The van der Waals surface area contributed by atoms with Crippen molar-refractivity contribution < 1.29 is 4.79 Å². The van der Waals surface area contributed by atoms with Gasteiger partial charge in [0.1, 0.15) is 0 Å². The van der Waals surface area contributed by atoms with Crippen molar-refractivity contribution in [2.45, 2.75) is 31.7 Å². The van der Waals surface area contributed by atoms with E-state index in [4.69, 9.17) is 11.6 Å². The molecule has 0 saturated heterocycles. The van der Waals surface area contributed by atoms with Crippen LogP contribution in [0, 0.1) is 0 Å². The molecule has 1 N–H and O–H groups in total. The molecule has 0 spiro atoms. The number of halogens is 1. The molecule has 2 aromatic rings. The fourth-order valence-electron chi connectivity index (χ4n) is 2.81. The Morgan fingerprint density at radius 3 is 2.82 bits per heavy atom. The van der Waals surface area contributed by atoms with Gasteiger partial charge in [0.15, 0.2) is 0 Å². The van der Waals surface area contributed by atoms with Crippen LogP contribution in [0.3, 0.4) is 0 Å². The number of hydrogen-bond acceptors (Lipinski definition) is 2. The largest absolute Gasteiger partial charge is 0.351 e. The monoisotopic (exact) mass is 315 g/mol. The maximum Gasteiger partial charge on any atom is 0.272 e. The normalized spacial score (nSPS) is 15.5. The molecule has 1 saturated carbocycles. The molecule has 1 fully saturated rings. The van der Waals surface area contributed by atoms with Crippen LogP contribution in [0.4, 0.5) is 0 Å². The van der Waals surface area contributed by atoms with Gasteiger partial charge in [-0.15, -0.1) is 0 Å². The van der Waals surface area contributed by atoms with Crippen molar-refractivity contribution in [2.75, 3.05) is 0 Å². The summed E-state index contributed by atoms with van der Waals surface area (Å²) in [4.78, 5) is 12.0. The van der Waals surface area contributed by atoms with Crippen molar-refractivity contribution in [1.82, 2.24) is 9.99 Å². The van der Waals surface area contributed by atoms with Gasteiger partial charge < -0.3 is 4.57 Å². The van der Waals surface area contributed by atoms with Crippen LogP contribution in [0.5, 0.6) is 0 Å². The third kappa shape index (κ3) is 3.39. The highest BCUT2D eigenvalue weighted by atomic mass is 35.5. The Bertz CT molecular complexity index is 687. The minimum Gasteiger partial charge on any atom is -0.351 e. The van der Waals surface area contributed by atoms with Gasteiger partial charge in [-0.25, -0.2) is 5.43 Å². The molecule has 3 rings (SSSR count). The summed E-state index contributed by atoms with van der Waals surface area (Å²) in [6.45, 7) is 0. The quantitative estimate of drug-likeness (QED) is 0.672. The molecule has 1 amide bonds. The van der Waals surface area contributed by atoms with E-state index in [1.807, 2.05) is 6.07 Å². The van der Waals surface area contributed by atoms with Crippen molar-refractivity contribution in [1.29, 1.82) is 0 Å². The van der Waals surface area contributed by atoms with Crippen molar-refractivity contribution in [3.8, 4) is 0 Å². The van der Waals surface area contributed by atoms with E-state index in [0.717, 1.165) is 5.56 Å². The SMILES string of the molecule is O=C(N/N=C\c1ccn(C2CCCC2)c1)c1ccccc1Cl. The van der Waals surface area contributed by atoms with E-state index >= 15 is 0 Å². The zero-order valence-corrected chi connectivity index (χ0v) is 13.0. The molecule has 0 atom stereocenters. The van der Waals surface area contributed by atoms with E-state index in [2.05, 4.69) is 27.5 Å². The zero-order valence-electron chi connectivity index (χ0n) is 12.2.